The van der Waals surface area contributed by atoms with Crippen LogP contribution in [0.2, 0.25) is 0 Å². The molecule has 1 aliphatic heterocycles. The van der Waals surface area contributed by atoms with E-state index in [-0.39, 0.29) is 12.0 Å². The number of carbonyl (C=O) groups is 1. The van der Waals surface area contributed by atoms with E-state index in [1.807, 2.05) is 6.92 Å². The fourth-order valence-corrected chi connectivity index (χ4v) is 2.93. The standard InChI is InChI=1S/C13H13BrN4O2S/c1-8-17-11(7-21-8)12(19)18-3-2-10(6-18)20-13-15-4-9(14)5-16-13/h4-5,7,10H,2-3,6H2,1H3. The fourth-order valence-electron chi connectivity index (χ4n) is 2.14. The van der Waals surface area contributed by atoms with Gasteiger partial charge in [0, 0.05) is 30.7 Å². The molecule has 0 radical (unpaired) electrons. The molecule has 0 saturated carbocycles. The largest absolute Gasteiger partial charge is 0.458 e. The third kappa shape index (κ3) is 3.38. The maximum absolute atomic E-state index is 12.3. The molecule has 6 nitrogen and oxygen atoms in total. The number of ether oxygens (including phenoxy) is 1. The second-order valence-corrected chi connectivity index (χ2v) is 6.69. The Hall–Kier alpha value is -1.54. The summed E-state index contributed by atoms with van der Waals surface area (Å²) in [4.78, 5) is 26.4. The van der Waals surface area contributed by atoms with Crippen LogP contribution in [-0.4, -0.2) is 45.0 Å². The Morgan fingerprint density at radius 2 is 2.24 bits per heavy atom. The lowest BCUT2D eigenvalue weighted by Gasteiger charge is -2.15. The predicted octanol–water partition coefficient (Wildman–Crippen LogP) is 2.30. The summed E-state index contributed by atoms with van der Waals surface area (Å²) in [7, 11) is 0. The van der Waals surface area contributed by atoms with Crippen LogP contribution in [0.15, 0.2) is 22.2 Å². The molecule has 0 aliphatic carbocycles. The lowest BCUT2D eigenvalue weighted by atomic mass is 10.3. The minimum atomic E-state index is -0.0742. The van der Waals surface area contributed by atoms with E-state index in [9.17, 15) is 4.79 Å². The molecule has 2 aromatic heterocycles. The fraction of sp³-hybridized carbons (Fsp3) is 0.385. The number of halogens is 1. The Morgan fingerprint density at radius 3 is 2.90 bits per heavy atom. The summed E-state index contributed by atoms with van der Waals surface area (Å²) in [6.45, 7) is 3.09. The van der Waals surface area contributed by atoms with Gasteiger partial charge in [-0.3, -0.25) is 4.79 Å². The predicted molar refractivity (Wildman–Crippen MR) is 81.5 cm³/mol. The quantitative estimate of drug-likeness (QED) is 0.831. The van der Waals surface area contributed by atoms with Gasteiger partial charge in [0.25, 0.3) is 5.91 Å². The van der Waals surface area contributed by atoms with Crippen LogP contribution in [0.4, 0.5) is 0 Å². The van der Waals surface area contributed by atoms with E-state index in [1.165, 1.54) is 11.3 Å². The van der Waals surface area contributed by atoms with Crippen molar-refractivity contribution in [1.29, 1.82) is 0 Å². The lowest BCUT2D eigenvalue weighted by molar-refractivity contribution is 0.0764. The molecule has 2 aromatic rings. The van der Waals surface area contributed by atoms with E-state index in [0.29, 0.717) is 24.8 Å². The number of carbonyl (C=O) groups excluding carboxylic acids is 1. The van der Waals surface area contributed by atoms with Crippen molar-refractivity contribution in [2.24, 2.45) is 0 Å². The molecule has 1 fully saturated rings. The number of aromatic nitrogens is 3. The van der Waals surface area contributed by atoms with E-state index in [4.69, 9.17) is 4.74 Å². The van der Waals surface area contributed by atoms with Crippen molar-refractivity contribution in [2.75, 3.05) is 13.1 Å². The van der Waals surface area contributed by atoms with E-state index in [2.05, 4.69) is 30.9 Å². The van der Waals surface area contributed by atoms with Gasteiger partial charge in [0.15, 0.2) is 0 Å². The van der Waals surface area contributed by atoms with Gasteiger partial charge in [0.1, 0.15) is 11.8 Å². The van der Waals surface area contributed by atoms with Crippen LogP contribution in [-0.2, 0) is 0 Å². The van der Waals surface area contributed by atoms with Crippen LogP contribution in [0.25, 0.3) is 0 Å². The van der Waals surface area contributed by atoms with Gasteiger partial charge in [-0.1, -0.05) is 0 Å². The summed E-state index contributed by atoms with van der Waals surface area (Å²) in [5.74, 6) is -0.0397. The normalized spacial score (nSPS) is 18.0. The maximum Gasteiger partial charge on any atom is 0.316 e. The van der Waals surface area contributed by atoms with Gasteiger partial charge in [-0.2, -0.15) is 0 Å². The first-order valence-corrected chi connectivity index (χ1v) is 8.14. The van der Waals surface area contributed by atoms with E-state index in [1.54, 1.807) is 22.7 Å². The van der Waals surface area contributed by atoms with Gasteiger partial charge in [-0.25, -0.2) is 15.0 Å². The minimum Gasteiger partial charge on any atom is -0.458 e. The summed E-state index contributed by atoms with van der Waals surface area (Å²) < 4.78 is 6.50. The molecule has 21 heavy (non-hydrogen) atoms. The van der Waals surface area contributed by atoms with E-state index >= 15 is 0 Å². The number of hydrogen-bond donors (Lipinski definition) is 0. The van der Waals surface area contributed by atoms with Gasteiger partial charge >= 0.3 is 6.01 Å². The zero-order valence-electron chi connectivity index (χ0n) is 11.3. The Labute approximate surface area is 134 Å². The molecule has 110 valence electrons. The molecule has 0 bridgehead atoms. The zero-order chi connectivity index (χ0) is 14.8. The number of rotatable bonds is 3. The van der Waals surface area contributed by atoms with Gasteiger partial charge in [-0.05, 0) is 22.9 Å². The van der Waals surface area contributed by atoms with Gasteiger partial charge in [-0.15, -0.1) is 11.3 Å². The Balaban J connectivity index is 1.60. The summed E-state index contributed by atoms with van der Waals surface area (Å²) in [5.41, 5.74) is 0.512. The molecule has 3 rings (SSSR count). The average Bonchev–Trinajstić information content (AvgIpc) is 3.10. The second-order valence-electron chi connectivity index (χ2n) is 4.72. The molecule has 0 N–H and O–H groups in total. The number of amides is 1. The van der Waals surface area contributed by atoms with Crippen LogP contribution in [0.5, 0.6) is 6.01 Å². The first-order valence-electron chi connectivity index (χ1n) is 6.47. The Kier molecular flexibility index (Phi) is 4.16. The summed E-state index contributed by atoms with van der Waals surface area (Å²) >= 11 is 4.76. The van der Waals surface area contributed by atoms with Crippen molar-refractivity contribution in [3.63, 3.8) is 0 Å². The van der Waals surface area contributed by atoms with Crippen molar-refractivity contribution in [2.45, 2.75) is 19.4 Å². The van der Waals surface area contributed by atoms with Crippen LogP contribution >= 0.6 is 27.3 Å². The van der Waals surface area contributed by atoms with Crippen molar-refractivity contribution >= 4 is 33.2 Å². The molecule has 1 aliphatic rings. The van der Waals surface area contributed by atoms with Crippen molar-refractivity contribution < 1.29 is 9.53 Å². The molecule has 1 amide bonds. The molecule has 1 atom stereocenters. The lowest BCUT2D eigenvalue weighted by Crippen LogP contribution is -2.31. The molecule has 1 saturated heterocycles. The highest BCUT2D eigenvalue weighted by atomic mass is 79.9. The summed E-state index contributed by atoms with van der Waals surface area (Å²) in [6, 6.07) is 0.335. The third-order valence-electron chi connectivity index (χ3n) is 3.14. The Bertz CT molecular complexity index is 646. The molecule has 0 spiro atoms. The monoisotopic (exact) mass is 368 g/mol. The maximum atomic E-state index is 12.3. The van der Waals surface area contributed by atoms with Crippen LogP contribution < -0.4 is 4.74 Å². The van der Waals surface area contributed by atoms with Crippen molar-refractivity contribution in [3.05, 3.63) is 32.9 Å². The highest BCUT2D eigenvalue weighted by molar-refractivity contribution is 9.10. The van der Waals surface area contributed by atoms with Gasteiger partial charge in [0.2, 0.25) is 0 Å². The van der Waals surface area contributed by atoms with Crippen LogP contribution in [0, 0.1) is 6.92 Å². The second kappa shape index (κ2) is 6.07. The number of aryl methyl sites for hydroxylation is 1. The molecule has 8 heteroatoms. The average molecular weight is 369 g/mol. The molecular formula is C13H13BrN4O2S. The third-order valence-corrected chi connectivity index (χ3v) is 4.32. The van der Waals surface area contributed by atoms with Gasteiger partial charge < -0.3 is 9.64 Å². The van der Waals surface area contributed by atoms with Crippen molar-refractivity contribution in [1.82, 2.24) is 19.9 Å². The Morgan fingerprint density at radius 1 is 1.48 bits per heavy atom. The molecule has 1 unspecified atom stereocenters. The highest BCUT2D eigenvalue weighted by Gasteiger charge is 2.29. The molecule has 3 heterocycles. The van der Waals surface area contributed by atoms with Gasteiger partial charge in [0.05, 0.1) is 16.0 Å². The summed E-state index contributed by atoms with van der Waals surface area (Å²) in [5, 5.41) is 2.69. The van der Waals surface area contributed by atoms with Crippen molar-refractivity contribution in [3.8, 4) is 6.01 Å². The summed E-state index contributed by atoms with van der Waals surface area (Å²) in [6.07, 6.45) is 3.97. The number of likely N-dealkylation sites (tertiary alicyclic amines) is 1. The first-order chi connectivity index (χ1) is 10.1. The molecule has 0 aromatic carbocycles. The zero-order valence-corrected chi connectivity index (χ0v) is 13.7. The highest BCUT2D eigenvalue weighted by Crippen LogP contribution is 2.19. The SMILES string of the molecule is Cc1nc(C(=O)N2CCC(Oc3ncc(Br)cn3)C2)cs1. The number of thiazole rings is 1. The minimum absolute atomic E-state index is 0.0397. The molecular weight excluding hydrogens is 356 g/mol. The number of hydrogen-bond acceptors (Lipinski definition) is 6. The smallest absolute Gasteiger partial charge is 0.316 e. The van der Waals surface area contributed by atoms with E-state index in [0.717, 1.165) is 15.9 Å². The van der Waals surface area contributed by atoms with Crippen LogP contribution in [0.3, 0.4) is 0 Å². The first kappa shape index (κ1) is 14.4. The van der Waals surface area contributed by atoms with Crippen LogP contribution in [0.1, 0.15) is 21.9 Å². The number of nitrogens with zero attached hydrogens (tertiary/aromatic N) is 4. The topological polar surface area (TPSA) is 68.2 Å². The van der Waals surface area contributed by atoms with E-state index < -0.39 is 0 Å².